The van der Waals surface area contributed by atoms with E-state index in [-0.39, 0.29) is 0 Å². The molecular formula is C16H19NO. The highest BCUT2D eigenvalue weighted by atomic mass is 16.5. The molecule has 1 aliphatic rings. The minimum atomic E-state index is 0.719. The van der Waals surface area contributed by atoms with Gasteiger partial charge in [0.1, 0.15) is 5.75 Å². The topological polar surface area (TPSA) is 14.2 Å². The van der Waals surface area contributed by atoms with Crippen molar-refractivity contribution in [2.24, 2.45) is 0 Å². The molecule has 1 aromatic carbocycles. The van der Waals surface area contributed by atoms with Gasteiger partial charge in [-0.1, -0.05) is 0 Å². The fourth-order valence-corrected chi connectivity index (χ4v) is 2.49. The lowest BCUT2D eigenvalue weighted by molar-refractivity contribution is 0.340. The van der Waals surface area contributed by atoms with E-state index < -0.39 is 0 Å². The first kappa shape index (κ1) is 11.4. The van der Waals surface area contributed by atoms with Gasteiger partial charge in [-0.2, -0.15) is 0 Å². The second-order valence-electron chi connectivity index (χ2n) is 4.92. The predicted octanol–water partition coefficient (Wildman–Crippen LogP) is 4.20. The van der Waals surface area contributed by atoms with E-state index >= 15 is 0 Å². The Morgan fingerprint density at radius 1 is 1.11 bits per heavy atom. The molecule has 0 atom stereocenters. The average molecular weight is 241 g/mol. The van der Waals surface area contributed by atoms with Crippen LogP contribution < -0.4 is 4.74 Å². The number of benzene rings is 1. The van der Waals surface area contributed by atoms with Crippen molar-refractivity contribution >= 4 is 0 Å². The van der Waals surface area contributed by atoms with Crippen LogP contribution in [0.15, 0.2) is 36.4 Å². The molecule has 2 heteroatoms. The van der Waals surface area contributed by atoms with Crippen molar-refractivity contribution in [3.8, 4) is 17.0 Å². The summed E-state index contributed by atoms with van der Waals surface area (Å²) in [6.07, 6.45) is 2.64. The van der Waals surface area contributed by atoms with Crippen molar-refractivity contribution in [1.29, 1.82) is 0 Å². The maximum absolute atomic E-state index is 5.49. The van der Waals surface area contributed by atoms with Crippen molar-refractivity contribution in [3.05, 3.63) is 42.1 Å². The van der Waals surface area contributed by atoms with Crippen molar-refractivity contribution in [3.63, 3.8) is 0 Å². The van der Waals surface area contributed by atoms with E-state index in [0.29, 0.717) is 0 Å². The van der Waals surface area contributed by atoms with Crippen LogP contribution in [0.25, 0.3) is 11.3 Å². The third-order valence-corrected chi connectivity index (χ3v) is 3.50. The summed E-state index contributed by atoms with van der Waals surface area (Å²) in [5, 5.41) is 0. The largest absolute Gasteiger partial charge is 0.494 e. The van der Waals surface area contributed by atoms with Crippen LogP contribution in [0.2, 0.25) is 0 Å². The van der Waals surface area contributed by atoms with E-state index in [2.05, 4.69) is 47.9 Å². The third kappa shape index (κ3) is 2.03. The molecule has 1 aliphatic carbocycles. The second kappa shape index (κ2) is 4.52. The maximum atomic E-state index is 5.49. The number of ether oxygens (including phenoxy) is 1. The van der Waals surface area contributed by atoms with Crippen LogP contribution in [0.4, 0.5) is 0 Å². The van der Waals surface area contributed by atoms with Crippen molar-refractivity contribution in [1.82, 2.24) is 4.57 Å². The zero-order valence-electron chi connectivity index (χ0n) is 11.0. The fourth-order valence-electron chi connectivity index (χ4n) is 2.49. The Morgan fingerprint density at radius 2 is 1.83 bits per heavy atom. The summed E-state index contributed by atoms with van der Waals surface area (Å²) in [4.78, 5) is 0. The van der Waals surface area contributed by atoms with Gasteiger partial charge >= 0.3 is 0 Å². The van der Waals surface area contributed by atoms with E-state index in [4.69, 9.17) is 4.74 Å². The van der Waals surface area contributed by atoms with Crippen LogP contribution in [0.3, 0.4) is 0 Å². The van der Waals surface area contributed by atoms with Gasteiger partial charge in [-0.25, -0.2) is 0 Å². The zero-order chi connectivity index (χ0) is 12.5. The van der Waals surface area contributed by atoms with Gasteiger partial charge in [0.05, 0.1) is 6.61 Å². The van der Waals surface area contributed by atoms with Crippen molar-refractivity contribution in [2.45, 2.75) is 32.7 Å². The monoisotopic (exact) mass is 241 g/mol. The number of aromatic nitrogens is 1. The Kier molecular flexibility index (Phi) is 2.86. The lowest BCUT2D eigenvalue weighted by Gasteiger charge is -2.11. The van der Waals surface area contributed by atoms with Gasteiger partial charge in [0.2, 0.25) is 0 Å². The molecule has 3 rings (SSSR count). The third-order valence-electron chi connectivity index (χ3n) is 3.50. The van der Waals surface area contributed by atoms with Crippen LogP contribution in [-0.4, -0.2) is 11.2 Å². The Hall–Kier alpha value is -1.70. The summed E-state index contributed by atoms with van der Waals surface area (Å²) < 4.78 is 7.95. The molecular weight excluding hydrogens is 222 g/mol. The number of hydrogen-bond acceptors (Lipinski definition) is 1. The molecule has 1 saturated carbocycles. The first-order chi connectivity index (χ1) is 8.79. The van der Waals surface area contributed by atoms with Crippen LogP contribution in [0.5, 0.6) is 5.75 Å². The van der Waals surface area contributed by atoms with E-state index in [1.165, 1.54) is 29.8 Å². The van der Waals surface area contributed by atoms with Crippen LogP contribution in [-0.2, 0) is 0 Å². The molecule has 94 valence electrons. The number of hydrogen-bond donors (Lipinski definition) is 0. The molecule has 2 aromatic rings. The molecule has 0 aliphatic heterocycles. The Bertz CT molecular complexity index is 535. The van der Waals surface area contributed by atoms with Gasteiger partial charge in [-0.3, -0.25) is 0 Å². The van der Waals surface area contributed by atoms with Crippen molar-refractivity contribution < 1.29 is 4.74 Å². The molecule has 18 heavy (non-hydrogen) atoms. The summed E-state index contributed by atoms with van der Waals surface area (Å²) in [5.74, 6) is 0.947. The average Bonchev–Trinajstić information content (AvgIpc) is 3.14. The van der Waals surface area contributed by atoms with E-state index in [9.17, 15) is 0 Å². The van der Waals surface area contributed by atoms with Crippen molar-refractivity contribution in [2.75, 3.05) is 6.61 Å². The first-order valence-electron chi connectivity index (χ1n) is 6.70. The minimum absolute atomic E-state index is 0.719. The smallest absolute Gasteiger partial charge is 0.119 e. The molecule has 0 amide bonds. The van der Waals surface area contributed by atoms with Gasteiger partial charge in [0.15, 0.2) is 0 Å². The Labute approximate surface area is 108 Å². The maximum Gasteiger partial charge on any atom is 0.119 e. The van der Waals surface area contributed by atoms with Gasteiger partial charge in [0, 0.05) is 17.4 Å². The normalized spacial score (nSPS) is 14.8. The van der Waals surface area contributed by atoms with Crippen LogP contribution >= 0.6 is 0 Å². The molecule has 2 nitrogen and oxygen atoms in total. The van der Waals surface area contributed by atoms with Gasteiger partial charge in [-0.15, -0.1) is 0 Å². The quantitative estimate of drug-likeness (QED) is 0.782. The molecule has 0 bridgehead atoms. The van der Waals surface area contributed by atoms with Gasteiger partial charge < -0.3 is 9.30 Å². The molecule has 1 fully saturated rings. The molecule has 0 N–H and O–H groups in total. The zero-order valence-corrected chi connectivity index (χ0v) is 11.0. The second-order valence-corrected chi connectivity index (χ2v) is 4.92. The molecule has 0 radical (unpaired) electrons. The first-order valence-corrected chi connectivity index (χ1v) is 6.70. The minimum Gasteiger partial charge on any atom is -0.494 e. The SMILES string of the molecule is CCOc1ccc(-c2ccc(C)n2C2CC2)cc1. The number of nitrogens with zero attached hydrogens (tertiary/aromatic N) is 1. The molecule has 1 aromatic heterocycles. The molecule has 0 unspecified atom stereocenters. The van der Waals surface area contributed by atoms with Crippen LogP contribution in [0.1, 0.15) is 31.5 Å². The number of aryl methyl sites for hydroxylation is 1. The highest BCUT2D eigenvalue weighted by Gasteiger charge is 2.26. The Morgan fingerprint density at radius 3 is 2.44 bits per heavy atom. The van der Waals surface area contributed by atoms with Gasteiger partial charge in [0.25, 0.3) is 0 Å². The van der Waals surface area contributed by atoms with E-state index in [0.717, 1.165) is 18.4 Å². The fraction of sp³-hybridized carbons (Fsp3) is 0.375. The molecule has 0 saturated heterocycles. The lowest BCUT2D eigenvalue weighted by Crippen LogP contribution is -1.98. The van der Waals surface area contributed by atoms with E-state index in [1.54, 1.807) is 0 Å². The summed E-state index contributed by atoms with van der Waals surface area (Å²) in [7, 11) is 0. The van der Waals surface area contributed by atoms with E-state index in [1.807, 2.05) is 6.92 Å². The predicted molar refractivity (Wildman–Crippen MR) is 74.0 cm³/mol. The molecule has 1 heterocycles. The highest BCUT2D eigenvalue weighted by molar-refractivity contribution is 5.62. The summed E-state index contributed by atoms with van der Waals surface area (Å²) in [5.41, 5.74) is 3.97. The Balaban J connectivity index is 1.94. The lowest BCUT2D eigenvalue weighted by atomic mass is 10.1. The standard InChI is InChI=1S/C16H19NO/c1-3-18-15-9-5-13(6-10-15)16-11-4-12(2)17(16)14-7-8-14/h4-6,9-11,14H,3,7-8H2,1-2H3. The summed E-state index contributed by atoms with van der Waals surface area (Å²) in [6.45, 7) is 4.92. The number of rotatable bonds is 4. The van der Waals surface area contributed by atoms with Crippen LogP contribution in [0, 0.1) is 6.92 Å². The van der Waals surface area contributed by atoms with Gasteiger partial charge in [-0.05, 0) is 68.7 Å². The molecule has 0 spiro atoms. The summed E-state index contributed by atoms with van der Waals surface area (Å²) in [6, 6.07) is 13.6. The summed E-state index contributed by atoms with van der Waals surface area (Å²) >= 11 is 0. The highest BCUT2D eigenvalue weighted by Crippen LogP contribution is 2.40.